The Hall–Kier alpha value is -2.90. The molecule has 1 aromatic heterocycles. The molecule has 0 spiro atoms. The highest BCUT2D eigenvalue weighted by atomic mass is 16.4. The van der Waals surface area contributed by atoms with Crippen molar-refractivity contribution in [3.05, 3.63) is 47.0 Å². The van der Waals surface area contributed by atoms with E-state index in [4.69, 9.17) is 10.9 Å². The molecule has 0 radical (unpaired) electrons. The van der Waals surface area contributed by atoms with E-state index in [-0.39, 0.29) is 18.3 Å². The zero-order valence-electron chi connectivity index (χ0n) is 11.7. The van der Waals surface area contributed by atoms with Crippen LogP contribution in [0.2, 0.25) is 0 Å². The molecule has 8 nitrogen and oxygen atoms in total. The molecule has 0 aliphatic rings. The molecule has 1 heterocycles. The summed E-state index contributed by atoms with van der Waals surface area (Å²) < 4.78 is 0. The highest BCUT2D eigenvalue weighted by Crippen LogP contribution is 2.09. The summed E-state index contributed by atoms with van der Waals surface area (Å²) in [5, 5.41) is 18.3. The molecule has 2 aromatic rings. The monoisotopic (exact) mass is 288 g/mol. The number of carbonyl (C=O) groups excluding carboxylic acids is 1. The van der Waals surface area contributed by atoms with Gasteiger partial charge in [0.2, 0.25) is 0 Å². The number of H-pyrrole nitrogens is 1. The number of nitrogens with one attached hydrogen (secondary N) is 1. The van der Waals surface area contributed by atoms with Gasteiger partial charge in [0.1, 0.15) is 5.82 Å². The van der Waals surface area contributed by atoms with Gasteiger partial charge < -0.3 is 15.8 Å². The number of benzene rings is 1. The number of carbonyl (C=O) groups is 1. The lowest BCUT2D eigenvalue weighted by molar-refractivity contribution is 0.0781. The van der Waals surface area contributed by atoms with Gasteiger partial charge >= 0.3 is 0 Å². The van der Waals surface area contributed by atoms with Crippen molar-refractivity contribution in [1.82, 2.24) is 20.1 Å². The lowest BCUT2D eigenvalue weighted by atomic mass is 10.1. The molecule has 8 heteroatoms. The third-order valence-corrected chi connectivity index (χ3v) is 2.88. The van der Waals surface area contributed by atoms with E-state index in [1.165, 1.54) is 4.90 Å². The third-order valence-electron chi connectivity index (χ3n) is 2.88. The average Bonchev–Trinajstić information content (AvgIpc) is 2.90. The Morgan fingerprint density at radius 2 is 2.19 bits per heavy atom. The van der Waals surface area contributed by atoms with Crippen LogP contribution in [-0.2, 0) is 6.54 Å². The molecule has 0 unspecified atom stereocenters. The quantitative estimate of drug-likeness (QED) is 0.327. The normalized spacial score (nSPS) is 11.4. The smallest absolute Gasteiger partial charge is 0.254 e. The second-order valence-corrected chi connectivity index (χ2v) is 4.56. The van der Waals surface area contributed by atoms with Gasteiger partial charge in [0, 0.05) is 18.2 Å². The summed E-state index contributed by atoms with van der Waals surface area (Å²) in [6.45, 7) is 2.08. The molecule has 1 amide bonds. The van der Waals surface area contributed by atoms with Crippen LogP contribution < -0.4 is 5.73 Å². The van der Waals surface area contributed by atoms with Crippen LogP contribution in [0.15, 0.2) is 29.4 Å². The molecule has 0 saturated heterocycles. The highest BCUT2D eigenvalue weighted by molar-refractivity contribution is 6.01. The number of nitrogens with two attached hydrogens (primary N) is 1. The first-order valence-corrected chi connectivity index (χ1v) is 6.22. The Balaban J connectivity index is 2.15. The van der Waals surface area contributed by atoms with Crippen LogP contribution in [-0.4, -0.2) is 44.1 Å². The predicted molar refractivity (Wildman–Crippen MR) is 75.9 cm³/mol. The third kappa shape index (κ3) is 3.35. The van der Waals surface area contributed by atoms with Gasteiger partial charge in [-0.25, -0.2) is 4.98 Å². The zero-order chi connectivity index (χ0) is 15.4. The van der Waals surface area contributed by atoms with E-state index in [1.807, 2.05) is 0 Å². The fourth-order valence-electron chi connectivity index (χ4n) is 1.83. The molecule has 21 heavy (non-hydrogen) atoms. The summed E-state index contributed by atoms with van der Waals surface area (Å²) in [5.41, 5.74) is 6.43. The second-order valence-electron chi connectivity index (χ2n) is 4.56. The Bertz CT molecular complexity index is 679. The number of aromatic nitrogens is 3. The summed E-state index contributed by atoms with van der Waals surface area (Å²) in [5.74, 6) is 0.984. The summed E-state index contributed by atoms with van der Waals surface area (Å²) in [6, 6.07) is 6.56. The van der Waals surface area contributed by atoms with Gasteiger partial charge in [-0.05, 0) is 19.1 Å². The topological polar surface area (TPSA) is 120 Å². The van der Waals surface area contributed by atoms with Gasteiger partial charge in [-0.15, -0.1) is 0 Å². The molecule has 0 bridgehead atoms. The Morgan fingerprint density at radius 3 is 2.81 bits per heavy atom. The SMILES string of the molecule is Cc1nc(CN(C)C(=O)c2cccc(C(N)=NO)c2)n[nH]1. The van der Waals surface area contributed by atoms with Crippen LogP contribution in [0.1, 0.15) is 27.6 Å². The summed E-state index contributed by atoms with van der Waals surface area (Å²) >= 11 is 0. The number of rotatable bonds is 4. The fourth-order valence-corrected chi connectivity index (χ4v) is 1.83. The van der Waals surface area contributed by atoms with E-state index in [0.29, 0.717) is 22.8 Å². The molecule has 0 atom stereocenters. The number of nitrogens with zero attached hydrogens (tertiary/aromatic N) is 4. The van der Waals surface area contributed by atoms with E-state index in [0.717, 1.165) is 0 Å². The van der Waals surface area contributed by atoms with Gasteiger partial charge in [-0.3, -0.25) is 9.89 Å². The second kappa shape index (κ2) is 6.04. The summed E-state index contributed by atoms with van der Waals surface area (Å²) in [4.78, 5) is 18.0. The highest BCUT2D eigenvalue weighted by Gasteiger charge is 2.15. The van der Waals surface area contributed by atoms with Gasteiger partial charge in [-0.1, -0.05) is 17.3 Å². The minimum Gasteiger partial charge on any atom is -0.409 e. The van der Waals surface area contributed by atoms with Gasteiger partial charge in [0.15, 0.2) is 11.7 Å². The molecule has 0 aliphatic heterocycles. The first kappa shape index (κ1) is 14.5. The number of amides is 1. The van der Waals surface area contributed by atoms with Gasteiger partial charge in [0.25, 0.3) is 5.91 Å². The summed E-state index contributed by atoms with van der Waals surface area (Å²) in [6.07, 6.45) is 0. The van der Waals surface area contributed by atoms with Crippen molar-refractivity contribution < 1.29 is 10.0 Å². The molecule has 1 aromatic carbocycles. The average molecular weight is 288 g/mol. The van der Waals surface area contributed by atoms with E-state index in [2.05, 4.69) is 20.3 Å². The van der Waals surface area contributed by atoms with Crippen molar-refractivity contribution in [3.8, 4) is 0 Å². The van der Waals surface area contributed by atoms with Crippen LogP contribution in [0.4, 0.5) is 0 Å². The number of aryl methyl sites for hydroxylation is 1. The van der Waals surface area contributed by atoms with Crippen LogP contribution in [0.5, 0.6) is 0 Å². The van der Waals surface area contributed by atoms with Crippen LogP contribution >= 0.6 is 0 Å². The Morgan fingerprint density at radius 1 is 1.48 bits per heavy atom. The van der Waals surface area contributed by atoms with Crippen LogP contribution in [0.25, 0.3) is 0 Å². The predicted octanol–water partition coefficient (Wildman–Crippen LogP) is 0.480. The fraction of sp³-hybridized carbons (Fsp3) is 0.231. The molecule has 2 rings (SSSR count). The maximum absolute atomic E-state index is 12.3. The Kier molecular flexibility index (Phi) is 4.17. The molecule has 110 valence electrons. The number of hydrogen-bond donors (Lipinski definition) is 3. The number of aromatic amines is 1. The van der Waals surface area contributed by atoms with Crippen LogP contribution in [0.3, 0.4) is 0 Å². The van der Waals surface area contributed by atoms with Gasteiger partial charge in [-0.2, -0.15) is 5.10 Å². The van der Waals surface area contributed by atoms with E-state index >= 15 is 0 Å². The van der Waals surface area contributed by atoms with Crippen molar-refractivity contribution in [3.63, 3.8) is 0 Å². The lowest BCUT2D eigenvalue weighted by Crippen LogP contribution is -2.27. The van der Waals surface area contributed by atoms with Crippen molar-refractivity contribution in [2.24, 2.45) is 10.9 Å². The number of amidine groups is 1. The molecular formula is C13H16N6O2. The number of oxime groups is 1. The lowest BCUT2D eigenvalue weighted by Gasteiger charge is -2.15. The molecule has 0 saturated carbocycles. The van der Waals surface area contributed by atoms with Crippen molar-refractivity contribution in [1.29, 1.82) is 0 Å². The first-order valence-electron chi connectivity index (χ1n) is 6.22. The van der Waals surface area contributed by atoms with E-state index < -0.39 is 0 Å². The molecule has 4 N–H and O–H groups in total. The minimum absolute atomic E-state index is 0.0445. The Labute approximate surface area is 121 Å². The molecular weight excluding hydrogens is 272 g/mol. The first-order chi connectivity index (χ1) is 10.0. The van der Waals surface area contributed by atoms with Crippen molar-refractivity contribution in [2.75, 3.05) is 7.05 Å². The maximum atomic E-state index is 12.3. The van der Waals surface area contributed by atoms with E-state index in [1.54, 1.807) is 38.2 Å². The molecule has 0 aliphatic carbocycles. The molecule has 0 fully saturated rings. The maximum Gasteiger partial charge on any atom is 0.254 e. The van der Waals surface area contributed by atoms with Gasteiger partial charge in [0.05, 0.1) is 6.54 Å². The minimum atomic E-state index is -0.204. The summed E-state index contributed by atoms with van der Waals surface area (Å²) in [7, 11) is 1.66. The largest absolute Gasteiger partial charge is 0.409 e. The van der Waals surface area contributed by atoms with E-state index in [9.17, 15) is 4.79 Å². The van der Waals surface area contributed by atoms with Crippen molar-refractivity contribution in [2.45, 2.75) is 13.5 Å². The zero-order valence-corrected chi connectivity index (χ0v) is 11.7. The number of hydrogen-bond acceptors (Lipinski definition) is 5. The van der Waals surface area contributed by atoms with Crippen molar-refractivity contribution >= 4 is 11.7 Å². The van der Waals surface area contributed by atoms with Crippen LogP contribution in [0, 0.1) is 6.92 Å². The standard InChI is InChI=1S/C13H16N6O2/c1-8-15-11(17-16-8)7-19(2)13(20)10-5-3-4-9(6-10)12(14)18-21/h3-6,21H,7H2,1-2H3,(H2,14,18)(H,15,16,17).